The highest BCUT2D eigenvalue weighted by molar-refractivity contribution is 7.09. The lowest BCUT2D eigenvalue weighted by Gasteiger charge is -2.25. The number of anilines is 1. The van der Waals surface area contributed by atoms with E-state index in [2.05, 4.69) is 10.7 Å². The van der Waals surface area contributed by atoms with E-state index < -0.39 is 18.1 Å². The summed E-state index contributed by atoms with van der Waals surface area (Å²) in [5.74, 6) is -0.618. The number of para-hydroxylation sites is 1. The van der Waals surface area contributed by atoms with Gasteiger partial charge in [-0.3, -0.25) is 9.80 Å². The molecular formula is C16H13ClF3N3OS. The molecule has 0 radical (unpaired) electrons. The first kappa shape index (κ1) is 17.8. The smallest absolute Gasteiger partial charge is 0.346 e. The van der Waals surface area contributed by atoms with Gasteiger partial charge in [-0.15, -0.1) is 11.3 Å². The maximum Gasteiger partial charge on any atom is 0.409 e. The van der Waals surface area contributed by atoms with Gasteiger partial charge in [0, 0.05) is 4.88 Å². The third-order valence-electron chi connectivity index (χ3n) is 3.52. The van der Waals surface area contributed by atoms with Gasteiger partial charge < -0.3 is 5.32 Å². The van der Waals surface area contributed by atoms with Crippen LogP contribution in [0.4, 0.5) is 18.9 Å². The zero-order valence-corrected chi connectivity index (χ0v) is 14.3. The van der Waals surface area contributed by atoms with Crippen LogP contribution in [0.3, 0.4) is 0 Å². The second-order valence-corrected chi connectivity index (χ2v) is 6.69. The Bertz CT molecular complexity index is 792. The zero-order chi connectivity index (χ0) is 18.0. The maximum atomic E-state index is 13.1. The van der Waals surface area contributed by atoms with E-state index in [1.165, 1.54) is 17.4 Å². The standard InChI is InChI=1S/C16H13ClF3N3OS/c17-11-5-1-2-6-12(11)23-13(8-14(22-23)16(18,19)20)15(24)21-9-10-4-3-7-25-10/h1-8,14,22H,9H2,(H,21,24). The number of carbonyl (C=O) groups excluding carboxylic acids is 1. The molecule has 1 aliphatic rings. The van der Waals surface area contributed by atoms with Crippen LogP contribution in [0.15, 0.2) is 53.6 Å². The van der Waals surface area contributed by atoms with E-state index in [1.54, 1.807) is 18.2 Å². The monoisotopic (exact) mass is 387 g/mol. The summed E-state index contributed by atoms with van der Waals surface area (Å²) in [5, 5.41) is 5.79. The number of hydrogen-bond acceptors (Lipinski definition) is 4. The van der Waals surface area contributed by atoms with Crippen LogP contribution in [-0.2, 0) is 11.3 Å². The van der Waals surface area contributed by atoms with Crippen LogP contribution >= 0.6 is 22.9 Å². The van der Waals surface area contributed by atoms with Crippen molar-refractivity contribution in [3.8, 4) is 0 Å². The van der Waals surface area contributed by atoms with Gasteiger partial charge in [-0.05, 0) is 29.7 Å². The van der Waals surface area contributed by atoms with E-state index in [0.717, 1.165) is 16.0 Å². The average Bonchev–Trinajstić information content (AvgIpc) is 3.22. The minimum Gasteiger partial charge on any atom is -0.346 e. The summed E-state index contributed by atoms with van der Waals surface area (Å²) < 4.78 is 39.3. The number of rotatable bonds is 4. The molecule has 0 saturated carbocycles. The topological polar surface area (TPSA) is 44.4 Å². The highest BCUT2D eigenvalue weighted by Gasteiger charge is 2.45. The molecular weight excluding hydrogens is 375 g/mol. The Labute approximate surface area is 150 Å². The predicted octanol–water partition coefficient (Wildman–Crippen LogP) is 3.86. The van der Waals surface area contributed by atoms with Gasteiger partial charge in [-0.2, -0.15) is 13.2 Å². The molecule has 0 saturated heterocycles. The van der Waals surface area contributed by atoms with E-state index in [-0.39, 0.29) is 23.0 Å². The molecule has 0 aliphatic carbocycles. The molecule has 2 N–H and O–H groups in total. The molecule has 132 valence electrons. The molecule has 4 nitrogen and oxygen atoms in total. The average molecular weight is 388 g/mol. The number of carbonyl (C=O) groups is 1. The lowest BCUT2D eigenvalue weighted by molar-refractivity contribution is -0.142. The molecule has 2 aromatic rings. The first-order chi connectivity index (χ1) is 11.9. The Morgan fingerprint density at radius 2 is 2.04 bits per heavy atom. The van der Waals surface area contributed by atoms with Crippen molar-refractivity contribution >= 4 is 34.5 Å². The minimum absolute atomic E-state index is 0.146. The lowest BCUT2D eigenvalue weighted by Crippen LogP contribution is -2.46. The van der Waals surface area contributed by atoms with Crippen molar-refractivity contribution in [1.29, 1.82) is 0 Å². The van der Waals surface area contributed by atoms with E-state index in [0.29, 0.717) is 0 Å². The SMILES string of the molecule is O=C(NCc1cccs1)C1=CC(C(F)(F)F)NN1c1ccccc1Cl. The molecule has 2 heterocycles. The van der Waals surface area contributed by atoms with Crippen LogP contribution in [-0.4, -0.2) is 18.1 Å². The van der Waals surface area contributed by atoms with Crippen molar-refractivity contribution in [2.24, 2.45) is 0 Å². The number of benzene rings is 1. The molecule has 0 spiro atoms. The predicted molar refractivity (Wildman–Crippen MR) is 91.2 cm³/mol. The molecule has 3 rings (SSSR count). The molecule has 1 unspecified atom stereocenters. The molecule has 1 amide bonds. The molecule has 1 atom stereocenters. The third-order valence-corrected chi connectivity index (χ3v) is 4.71. The Hall–Kier alpha value is -2.03. The van der Waals surface area contributed by atoms with Gasteiger partial charge in [-0.1, -0.05) is 29.8 Å². The summed E-state index contributed by atoms with van der Waals surface area (Å²) >= 11 is 7.52. The van der Waals surface area contributed by atoms with Crippen LogP contribution in [0.2, 0.25) is 5.02 Å². The van der Waals surface area contributed by atoms with Crippen molar-refractivity contribution < 1.29 is 18.0 Å². The summed E-state index contributed by atoms with van der Waals surface area (Å²) in [5.41, 5.74) is 2.41. The summed E-state index contributed by atoms with van der Waals surface area (Å²) in [6.45, 7) is 0.237. The van der Waals surface area contributed by atoms with Crippen LogP contribution in [0.1, 0.15) is 4.88 Å². The van der Waals surface area contributed by atoms with E-state index in [4.69, 9.17) is 11.6 Å². The Kier molecular flexibility index (Phi) is 5.03. The number of alkyl halides is 3. The number of amides is 1. The Balaban J connectivity index is 1.85. The second-order valence-electron chi connectivity index (χ2n) is 5.25. The fraction of sp³-hybridized carbons (Fsp3) is 0.188. The second kappa shape index (κ2) is 7.07. The van der Waals surface area contributed by atoms with Gasteiger partial charge in [-0.25, -0.2) is 5.43 Å². The van der Waals surface area contributed by atoms with Gasteiger partial charge >= 0.3 is 6.18 Å². The third kappa shape index (κ3) is 3.97. The number of hydrogen-bond donors (Lipinski definition) is 2. The van der Waals surface area contributed by atoms with Gasteiger partial charge in [0.05, 0.1) is 17.3 Å². The maximum absolute atomic E-state index is 13.1. The fourth-order valence-electron chi connectivity index (χ4n) is 2.33. The quantitative estimate of drug-likeness (QED) is 0.837. The number of thiophene rings is 1. The van der Waals surface area contributed by atoms with Gasteiger partial charge in [0.25, 0.3) is 5.91 Å². The first-order valence-corrected chi connectivity index (χ1v) is 8.52. The summed E-state index contributed by atoms with van der Waals surface area (Å²) in [6.07, 6.45) is -3.68. The van der Waals surface area contributed by atoms with Crippen molar-refractivity contribution in [3.63, 3.8) is 0 Å². The molecule has 1 aliphatic heterocycles. The van der Waals surface area contributed by atoms with Crippen molar-refractivity contribution in [2.75, 3.05) is 5.01 Å². The molecule has 1 aromatic carbocycles. The molecule has 25 heavy (non-hydrogen) atoms. The van der Waals surface area contributed by atoms with Gasteiger partial charge in [0.1, 0.15) is 11.7 Å². The van der Waals surface area contributed by atoms with Crippen molar-refractivity contribution in [3.05, 3.63) is 63.5 Å². The highest BCUT2D eigenvalue weighted by atomic mass is 35.5. The molecule has 0 bridgehead atoms. The Morgan fingerprint density at radius 1 is 1.28 bits per heavy atom. The van der Waals surface area contributed by atoms with E-state index in [9.17, 15) is 18.0 Å². The van der Waals surface area contributed by atoms with Crippen molar-refractivity contribution in [2.45, 2.75) is 18.8 Å². The molecule has 1 aromatic heterocycles. The van der Waals surface area contributed by atoms with Gasteiger partial charge in [0.15, 0.2) is 0 Å². The number of hydrazine groups is 1. The zero-order valence-electron chi connectivity index (χ0n) is 12.7. The molecule has 9 heteroatoms. The summed E-state index contributed by atoms with van der Waals surface area (Å²) in [6, 6.07) is 8.06. The van der Waals surface area contributed by atoms with E-state index in [1.807, 2.05) is 17.5 Å². The number of nitrogens with zero attached hydrogens (tertiary/aromatic N) is 1. The Morgan fingerprint density at radius 3 is 2.68 bits per heavy atom. The van der Waals surface area contributed by atoms with Crippen molar-refractivity contribution in [1.82, 2.24) is 10.7 Å². The van der Waals surface area contributed by atoms with E-state index >= 15 is 0 Å². The largest absolute Gasteiger partial charge is 0.409 e. The normalized spacial score (nSPS) is 17.5. The number of nitrogens with one attached hydrogen (secondary N) is 2. The lowest BCUT2D eigenvalue weighted by atomic mass is 10.2. The highest BCUT2D eigenvalue weighted by Crippen LogP contribution is 2.33. The first-order valence-electron chi connectivity index (χ1n) is 7.26. The van der Waals surface area contributed by atoms with Gasteiger partial charge in [0.2, 0.25) is 0 Å². The summed E-state index contributed by atoms with van der Waals surface area (Å²) in [7, 11) is 0. The fourth-order valence-corrected chi connectivity index (χ4v) is 3.19. The molecule has 0 fully saturated rings. The number of halogens is 4. The van der Waals surface area contributed by atoms with Crippen LogP contribution in [0.5, 0.6) is 0 Å². The van der Waals surface area contributed by atoms with Crippen LogP contribution in [0, 0.1) is 0 Å². The van der Waals surface area contributed by atoms with Crippen LogP contribution in [0.25, 0.3) is 0 Å². The minimum atomic E-state index is -4.53. The summed E-state index contributed by atoms with van der Waals surface area (Å²) in [4.78, 5) is 13.3. The van der Waals surface area contributed by atoms with Crippen LogP contribution < -0.4 is 15.8 Å².